The highest BCUT2D eigenvalue weighted by atomic mass is 16.7. The fourth-order valence-electron chi connectivity index (χ4n) is 5.99. The lowest BCUT2D eigenvalue weighted by Crippen LogP contribution is -2.31. The van der Waals surface area contributed by atoms with Gasteiger partial charge in [0.25, 0.3) is 0 Å². The second-order valence-electron chi connectivity index (χ2n) is 13.0. The first-order chi connectivity index (χ1) is 22.3. The van der Waals surface area contributed by atoms with E-state index in [0.717, 1.165) is 38.5 Å². The number of hydrogen-bond acceptors (Lipinski definition) is 3. The molecule has 0 aliphatic carbocycles. The summed E-state index contributed by atoms with van der Waals surface area (Å²) in [7, 11) is 0. The number of unbranched alkanes of at least 4 members (excludes halogenated alkanes) is 18. The summed E-state index contributed by atoms with van der Waals surface area (Å²) in [5, 5.41) is 3.74. The zero-order valence-corrected chi connectivity index (χ0v) is 29.7. The molecule has 5 heteroatoms. The molecule has 0 saturated carbocycles. The molecule has 0 spiro atoms. The molecule has 45 heavy (non-hydrogen) atoms. The fraction of sp³-hybridized carbons (Fsp3) is 0.800. The highest BCUT2D eigenvalue weighted by Gasteiger charge is 2.40. The van der Waals surface area contributed by atoms with Crippen LogP contribution in [0.5, 0.6) is 0 Å². The molecule has 0 N–H and O–H groups in total. The van der Waals surface area contributed by atoms with Crippen molar-refractivity contribution in [1.82, 2.24) is 0 Å². The number of rotatable bonds is 32. The highest BCUT2D eigenvalue weighted by Crippen LogP contribution is 2.35. The molecule has 1 rings (SSSR count). The third-order valence-corrected chi connectivity index (χ3v) is 8.78. The van der Waals surface area contributed by atoms with Crippen molar-refractivity contribution in [2.24, 2.45) is 5.11 Å². The third-order valence-electron chi connectivity index (χ3n) is 8.78. The SMILES string of the molecule is CCCCCC=CCC=CCCCCCCCCC1(CCCCCCCCC=CCC=CCCCCC)OC[C@H](CN=[N+]=[N-])O1. The molecule has 0 unspecified atom stereocenters. The zero-order chi connectivity index (χ0) is 32.4. The number of allylic oxidation sites excluding steroid dienone is 8. The fourth-order valence-corrected chi connectivity index (χ4v) is 5.99. The molecule has 0 amide bonds. The molecule has 5 nitrogen and oxygen atoms in total. The van der Waals surface area contributed by atoms with Crippen molar-refractivity contribution in [3.05, 3.63) is 59.1 Å². The van der Waals surface area contributed by atoms with Crippen LogP contribution in [0.25, 0.3) is 10.4 Å². The number of nitrogens with zero attached hydrogens (tertiary/aromatic N) is 3. The first-order valence-corrected chi connectivity index (χ1v) is 19.2. The molecule has 1 heterocycles. The predicted octanol–water partition coefficient (Wildman–Crippen LogP) is 13.8. The van der Waals surface area contributed by atoms with E-state index in [4.69, 9.17) is 15.0 Å². The normalized spacial score (nSPS) is 18.8. The molecule has 0 aromatic carbocycles. The maximum Gasteiger partial charge on any atom is 0.168 e. The molecule has 1 saturated heterocycles. The Morgan fingerprint density at radius 2 is 0.978 bits per heavy atom. The van der Waals surface area contributed by atoms with E-state index in [1.165, 1.54) is 128 Å². The maximum absolute atomic E-state index is 8.72. The summed E-state index contributed by atoms with van der Waals surface area (Å²) in [6.45, 7) is 5.43. The van der Waals surface area contributed by atoms with Gasteiger partial charge in [-0.2, -0.15) is 0 Å². The van der Waals surface area contributed by atoms with Gasteiger partial charge in [-0.3, -0.25) is 0 Å². The average molecular weight is 626 g/mol. The van der Waals surface area contributed by atoms with Crippen molar-refractivity contribution in [3.63, 3.8) is 0 Å². The molecular formula is C40H71N3O2. The van der Waals surface area contributed by atoms with E-state index in [0.29, 0.717) is 13.2 Å². The van der Waals surface area contributed by atoms with Crippen LogP contribution in [0.4, 0.5) is 0 Å². The van der Waals surface area contributed by atoms with E-state index in [2.05, 4.69) is 72.5 Å². The van der Waals surface area contributed by atoms with Gasteiger partial charge in [-0.25, -0.2) is 0 Å². The molecule has 0 radical (unpaired) electrons. The summed E-state index contributed by atoms with van der Waals surface area (Å²) in [4.78, 5) is 2.92. The van der Waals surface area contributed by atoms with E-state index in [1.54, 1.807) is 0 Å². The quantitative estimate of drug-likeness (QED) is 0.0245. The minimum absolute atomic E-state index is 0.102. The summed E-state index contributed by atoms with van der Waals surface area (Å²) < 4.78 is 12.7. The van der Waals surface area contributed by atoms with Gasteiger partial charge in [-0.1, -0.05) is 145 Å². The van der Waals surface area contributed by atoms with E-state index in [1.807, 2.05) is 0 Å². The largest absolute Gasteiger partial charge is 0.347 e. The Labute approximate surface area is 279 Å². The van der Waals surface area contributed by atoms with Crippen LogP contribution in [-0.2, 0) is 9.47 Å². The standard InChI is InChI=1S/C40H71N3O2/c1-3-5-7-9-11-13-15-17-19-21-23-25-27-29-31-33-35-40(44-38-39(45-40)37-42-43-41)36-34-32-30-28-26-24-22-20-18-16-14-12-10-8-6-4-2/h11-14,17-20,39H,3-10,15-16,21-38H2,1-2H3/t39-,40?/m0/s1. The van der Waals surface area contributed by atoms with Crippen LogP contribution in [0.2, 0.25) is 0 Å². The molecule has 1 aliphatic rings. The van der Waals surface area contributed by atoms with Gasteiger partial charge in [-0.15, -0.1) is 0 Å². The van der Waals surface area contributed by atoms with Crippen molar-refractivity contribution in [2.75, 3.05) is 13.2 Å². The number of ether oxygens (including phenoxy) is 2. The molecule has 1 aliphatic heterocycles. The summed E-state index contributed by atoms with van der Waals surface area (Å²) >= 11 is 0. The topological polar surface area (TPSA) is 67.2 Å². The first kappa shape index (κ1) is 41.2. The van der Waals surface area contributed by atoms with E-state index >= 15 is 0 Å². The Kier molecular flexibility index (Phi) is 29.4. The second-order valence-corrected chi connectivity index (χ2v) is 13.0. The minimum atomic E-state index is -0.472. The Bertz CT molecular complexity index is 764. The Morgan fingerprint density at radius 1 is 0.578 bits per heavy atom. The van der Waals surface area contributed by atoms with Crippen molar-refractivity contribution < 1.29 is 9.47 Å². The lowest BCUT2D eigenvalue weighted by molar-refractivity contribution is -0.178. The lowest BCUT2D eigenvalue weighted by atomic mass is 9.98. The van der Waals surface area contributed by atoms with Crippen molar-refractivity contribution in [2.45, 2.75) is 193 Å². The van der Waals surface area contributed by atoms with E-state index < -0.39 is 5.79 Å². The smallest absolute Gasteiger partial charge is 0.168 e. The Morgan fingerprint density at radius 3 is 1.40 bits per heavy atom. The van der Waals surface area contributed by atoms with Gasteiger partial charge in [-0.05, 0) is 82.6 Å². The molecule has 0 bridgehead atoms. The summed E-state index contributed by atoms with van der Waals surface area (Å²) in [6, 6.07) is 0. The highest BCUT2D eigenvalue weighted by molar-refractivity contribution is 4.93. The van der Waals surface area contributed by atoms with Crippen LogP contribution in [0.1, 0.15) is 181 Å². The third kappa shape index (κ3) is 26.0. The lowest BCUT2D eigenvalue weighted by Gasteiger charge is -2.28. The monoisotopic (exact) mass is 626 g/mol. The summed E-state index contributed by atoms with van der Waals surface area (Å²) in [5.41, 5.74) is 8.72. The predicted molar refractivity (Wildman–Crippen MR) is 196 cm³/mol. The maximum atomic E-state index is 8.72. The van der Waals surface area contributed by atoms with Gasteiger partial charge in [0, 0.05) is 17.8 Å². The van der Waals surface area contributed by atoms with Gasteiger partial charge >= 0.3 is 0 Å². The van der Waals surface area contributed by atoms with Crippen LogP contribution in [0.15, 0.2) is 53.7 Å². The zero-order valence-electron chi connectivity index (χ0n) is 29.7. The van der Waals surface area contributed by atoms with Crippen LogP contribution in [0, 0.1) is 0 Å². The van der Waals surface area contributed by atoms with E-state index in [9.17, 15) is 0 Å². The molecule has 0 aromatic rings. The van der Waals surface area contributed by atoms with Crippen LogP contribution in [0.3, 0.4) is 0 Å². The molecule has 1 fully saturated rings. The summed E-state index contributed by atoms with van der Waals surface area (Å²) in [6.07, 6.45) is 50.6. The van der Waals surface area contributed by atoms with Gasteiger partial charge in [0.1, 0.15) is 0 Å². The Hall–Kier alpha value is -1.81. The van der Waals surface area contributed by atoms with Gasteiger partial charge < -0.3 is 9.47 Å². The number of azide groups is 1. The molecule has 258 valence electrons. The second kappa shape index (κ2) is 32.1. The van der Waals surface area contributed by atoms with Crippen LogP contribution in [-0.4, -0.2) is 25.0 Å². The Balaban J connectivity index is 2.13. The van der Waals surface area contributed by atoms with E-state index in [-0.39, 0.29) is 6.10 Å². The van der Waals surface area contributed by atoms with Crippen molar-refractivity contribution in [1.29, 1.82) is 0 Å². The van der Waals surface area contributed by atoms with Crippen molar-refractivity contribution in [3.8, 4) is 0 Å². The molecular weight excluding hydrogens is 554 g/mol. The summed E-state index contributed by atoms with van der Waals surface area (Å²) in [5.74, 6) is -0.472. The average Bonchev–Trinajstić information content (AvgIpc) is 3.46. The minimum Gasteiger partial charge on any atom is -0.347 e. The first-order valence-electron chi connectivity index (χ1n) is 19.2. The molecule has 0 aromatic heterocycles. The molecule has 1 atom stereocenters. The van der Waals surface area contributed by atoms with Gasteiger partial charge in [0.2, 0.25) is 0 Å². The van der Waals surface area contributed by atoms with Crippen molar-refractivity contribution >= 4 is 0 Å². The van der Waals surface area contributed by atoms with Crippen LogP contribution < -0.4 is 0 Å². The van der Waals surface area contributed by atoms with Crippen LogP contribution >= 0.6 is 0 Å². The van der Waals surface area contributed by atoms with Gasteiger partial charge in [0.05, 0.1) is 19.3 Å². The van der Waals surface area contributed by atoms with Gasteiger partial charge in [0.15, 0.2) is 5.79 Å². The number of hydrogen-bond donors (Lipinski definition) is 0.